The Kier molecular flexibility index (Phi) is 1.78. The highest BCUT2D eigenvalue weighted by Crippen LogP contribution is 2.21. The lowest BCUT2D eigenvalue weighted by molar-refractivity contribution is -0.0115. The first-order valence-electron chi connectivity index (χ1n) is 3.56. The molecule has 1 aliphatic heterocycles. The summed E-state index contributed by atoms with van der Waals surface area (Å²) in [6.07, 6.45) is 1.09. The Balaban J connectivity index is 2.49. The van der Waals surface area contributed by atoms with Gasteiger partial charge in [0, 0.05) is 6.54 Å². The van der Waals surface area contributed by atoms with Crippen LogP contribution < -0.4 is 5.32 Å². The molecule has 0 aliphatic carbocycles. The highest BCUT2D eigenvalue weighted by molar-refractivity contribution is 4.85. The standard InChI is InChI=1S/C7H15NO/c1-6-3-4-8-5-7(6,2)9/h6,8-9H,3-5H2,1-2H3/t6?,7-/m1/s1. The second-order valence-corrected chi connectivity index (χ2v) is 3.22. The van der Waals surface area contributed by atoms with Gasteiger partial charge >= 0.3 is 0 Å². The van der Waals surface area contributed by atoms with Crippen LogP contribution in [0.3, 0.4) is 0 Å². The maximum atomic E-state index is 9.58. The first-order chi connectivity index (χ1) is 4.13. The Hall–Kier alpha value is -0.0800. The first-order valence-corrected chi connectivity index (χ1v) is 3.56. The molecule has 1 saturated heterocycles. The first kappa shape index (κ1) is 7.03. The van der Waals surface area contributed by atoms with Crippen LogP contribution in [0, 0.1) is 5.92 Å². The lowest BCUT2D eigenvalue weighted by atomic mass is 9.85. The third-order valence-electron chi connectivity index (χ3n) is 2.30. The van der Waals surface area contributed by atoms with Gasteiger partial charge < -0.3 is 10.4 Å². The molecule has 0 bridgehead atoms. The van der Waals surface area contributed by atoms with Gasteiger partial charge in [-0.3, -0.25) is 0 Å². The molecule has 2 N–H and O–H groups in total. The molecule has 1 aliphatic rings. The predicted octanol–water partition coefficient (Wildman–Crippen LogP) is 0.367. The Morgan fingerprint density at radius 2 is 2.33 bits per heavy atom. The second kappa shape index (κ2) is 2.27. The van der Waals surface area contributed by atoms with E-state index in [0.717, 1.165) is 19.5 Å². The molecule has 1 unspecified atom stereocenters. The zero-order valence-electron chi connectivity index (χ0n) is 6.15. The maximum absolute atomic E-state index is 9.58. The number of hydrogen-bond donors (Lipinski definition) is 2. The normalized spacial score (nSPS) is 45.0. The summed E-state index contributed by atoms with van der Waals surface area (Å²) in [4.78, 5) is 0. The molecule has 0 aromatic rings. The van der Waals surface area contributed by atoms with Crippen molar-refractivity contribution in [3.05, 3.63) is 0 Å². The molecule has 2 atom stereocenters. The van der Waals surface area contributed by atoms with E-state index in [4.69, 9.17) is 0 Å². The van der Waals surface area contributed by atoms with Crippen LogP contribution in [0.4, 0.5) is 0 Å². The minimum atomic E-state index is -0.474. The summed E-state index contributed by atoms with van der Waals surface area (Å²) in [5, 5.41) is 12.7. The zero-order chi connectivity index (χ0) is 6.91. The van der Waals surface area contributed by atoms with Crippen LogP contribution >= 0.6 is 0 Å². The number of aliphatic hydroxyl groups is 1. The fourth-order valence-corrected chi connectivity index (χ4v) is 1.15. The largest absolute Gasteiger partial charge is 0.389 e. The molecule has 1 fully saturated rings. The minimum Gasteiger partial charge on any atom is -0.389 e. The van der Waals surface area contributed by atoms with Gasteiger partial charge in [-0.05, 0) is 25.8 Å². The van der Waals surface area contributed by atoms with Crippen LogP contribution in [0.5, 0.6) is 0 Å². The molecule has 0 amide bonds. The molecule has 0 spiro atoms. The van der Waals surface area contributed by atoms with Crippen LogP contribution in [0.25, 0.3) is 0 Å². The van der Waals surface area contributed by atoms with Crippen molar-refractivity contribution < 1.29 is 5.11 Å². The van der Waals surface area contributed by atoms with Crippen molar-refractivity contribution in [2.75, 3.05) is 13.1 Å². The topological polar surface area (TPSA) is 32.3 Å². The molecule has 0 saturated carbocycles. The summed E-state index contributed by atoms with van der Waals surface area (Å²) in [6.45, 7) is 5.79. The van der Waals surface area contributed by atoms with Crippen molar-refractivity contribution in [3.8, 4) is 0 Å². The van der Waals surface area contributed by atoms with E-state index < -0.39 is 5.60 Å². The van der Waals surface area contributed by atoms with E-state index in [0.29, 0.717) is 5.92 Å². The predicted molar refractivity (Wildman–Crippen MR) is 37.3 cm³/mol. The van der Waals surface area contributed by atoms with Crippen LogP contribution in [0.1, 0.15) is 20.3 Å². The number of nitrogens with one attached hydrogen (secondary N) is 1. The Labute approximate surface area is 56.3 Å². The average Bonchev–Trinajstić information content (AvgIpc) is 1.77. The third-order valence-corrected chi connectivity index (χ3v) is 2.30. The summed E-state index contributed by atoms with van der Waals surface area (Å²) < 4.78 is 0. The van der Waals surface area contributed by atoms with Crippen molar-refractivity contribution in [1.82, 2.24) is 5.32 Å². The molecule has 0 radical (unpaired) electrons. The second-order valence-electron chi connectivity index (χ2n) is 3.22. The minimum absolute atomic E-state index is 0.443. The van der Waals surface area contributed by atoms with Gasteiger partial charge in [0.2, 0.25) is 0 Å². The number of hydrogen-bond acceptors (Lipinski definition) is 2. The summed E-state index contributed by atoms with van der Waals surface area (Å²) in [5.74, 6) is 0.443. The quantitative estimate of drug-likeness (QED) is 0.495. The summed E-state index contributed by atoms with van der Waals surface area (Å²) in [5.41, 5.74) is -0.474. The number of rotatable bonds is 0. The molecule has 2 nitrogen and oxygen atoms in total. The Morgan fingerprint density at radius 3 is 2.67 bits per heavy atom. The van der Waals surface area contributed by atoms with Crippen molar-refractivity contribution in [3.63, 3.8) is 0 Å². The van der Waals surface area contributed by atoms with E-state index in [1.807, 2.05) is 6.92 Å². The van der Waals surface area contributed by atoms with Crippen LogP contribution in [0.2, 0.25) is 0 Å². The summed E-state index contributed by atoms with van der Waals surface area (Å²) in [6, 6.07) is 0. The Morgan fingerprint density at radius 1 is 1.67 bits per heavy atom. The molecular formula is C7H15NO. The molecule has 9 heavy (non-hydrogen) atoms. The molecular weight excluding hydrogens is 114 g/mol. The highest BCUT2D eigenvalue weighted by atomic mass is 16.3. The van der Waals surface area contributed by atoms with Gasteiger partial charge in [0.05, 0.1) is 5.60 Å². The van der Waals surface area contributed by atoms with Gasteiger partial charge in [0.15, 0.2) is 0 Å². The van der Waals surface area contributed by atoms with Gasteiger partial charge in [-0.15, -0.1) is 0 Å². The van der Waals surface area contributed by atoms with Crippen molar-refractivity contribution in [2.45, 2.75) is 25.9 Å². The molecule has 54 valence electrons. The van der Waals surface area contributed by atoms with E-state index in [1.54, 1.807) is 0 Å². The van der Waals surface area contributed by atoms with Crippen molar-refractivity contribution >= 4 is 0 Å². The molecule has 0 aromatic carbocycles. The van der Waals surface area contributed by atoms with E-state index in [9.17, 15) is 5.11 Å². The lowest BCUT2D eigenvalue weighted by Crippen LogP contribution is -2.48. The van der Waals surface area contributed by atoms with E-state index in [2.05, 4.69) is 12.2 Å². The molecule has 1 heterocycles. The van der Waals surface area contributed by atoms with Crippen LogP contribution in [-0.2, 0) is 0 Å². The zero-order valence-corrected chi connectivity index (χ0v) is 6.15. The maximum Gasteiger partial charge on any atom is 0.0769 e. The SMILES string of the molecule is CC1CCNC[C@@]1(C)O. The molecule has 0 aromatic heterocycles. The fraction of sp³-hybridized carbons (Fsp3) is 1.00. The molecule has 2 heteroatoms. The van der Waals surface area contributed by atoms with Crippen molar-refractivity contribution in [2.24, 2.45) is 5.92 Å². The highest BCUT2D eigenvalue weighted by Gasteiger charge is 2.30. The number of β-amino-alcohol motifs (C(OH)–C–C–N with tert-alkyl or cyclic N) is 1. The molecule has 1 rings (SSSR count). The average molecular weight is 129 g/mol. The fourth-order valence-electron chi connectivity index (χ4n) is 1.15. The van der Waals surface area contributed by atoms with Gasteiger partial charge in [0.1, 0.15) is 0 Å². The van der Waals surface area contributed by atoms with Crippen molar-refractivity contribution in [1.29, 1.82) is 0 Å². The number of piperidine rings is 1. The van der Waals surface area contributed by atoms with Crippen LogP contribution in [0.15, 0.2) is 0 Å². The van der Waals surface area contributed by atoms with Crippen LogP contribution in [-0.4, -0.2) is 23.8 Å². The van der Waals surface area contributed by atoms with Gasteiger partial charge in [-0.1, -0.05) is 6.92 Å². The lowest BCUT2D eigenvalue weighted by Gasteiger charge is -2.35. The van der Waals surface area contributed by atoms with Gasteiger partial charge in [0.25, 0.3) is 0 Å². The smallest absolute Gasteiger partial charge is 0.0769 e. The Bertz CT molecular complexity index is 101. The summed E-state index contributed by atoms with van der Waals surface area (Å²) >= 11 is 0. The van der Waals surface area contributed by atoms with E-state index in [-0.39, 0.29) is 0 Å². The van der Waals surface area contributed by atoms with Gasteiger partial charge in [-0.2, -0.15) is 0 Å². The van der Waals surface area contributed by atoms with Gasteiger partial charge in [-0.25, -0.2) is 0 Å². The van der Waals surface area contributed by atoms with E-state index >= 15 is 0 Å². The third kappa shape index (κ3) is 1.43. The van der Waals surface area contributed by atoms with E-state index in [1.165, 1.54) is 0 Å². The monoisotopic (exact) mass is 129 g/mol. The summed E-state index contributed by atoms with van der Waals surface area (Å²) in [7, 11) is 0.